The van der Waals surface area contributed by atoms with E-state index in [0.717, 1.165) is 0 Å². The lowest BCUT2D eigenvalue weighted by Gasteiger charge is -2.19. The molecule has 72 valence electrons. The molecule has 4 nitrogen and oxygen atoms in total. The lowest BCUT2D eigenvalue weighted by molar-refractivity contribution is -0.0461. The molecule has 0 amide bonds. The van der Waals surface area contributed by atoms with E-state index in [1.165, 1.54) is 0 Å². The standard InChI is InChI=1S/C8H16O4/c1-9-4-7-8(11-3)6(10-2)5-12-7/h6-8H,4-5H2,1-3H3/t6?,7-,8-/m1/s1. The summed E-state index contributed by atoms with van der Waals surface area (Å²) < 4.78 is 20.9. The fraction of sp³-hybridized carbons (Fsp3) is 1.00. The highest BCUT2D eigenvalue weighted by Crippen LogP contribution is 2.19. The molecule has 1 heterocycles. The van der Waals surface area contributed by atoms with E-state index in [2.05, 4.69) is 0 Å². The van der Waals surface area contributed by atoms with Crippen LogP contribution in [0.4, 0.5) is 0 Å². The van der Waals surface area contributed by atoms with Gasteiger partial charge in [-0.15, -0.1) is 0 Å². The van der Waals surface area contributed by atoms with Crippen LogP contribution in [-0.4, -0.2) is 52.9 Å². The third-order valence-electron chi connectivity index (χ3n) is 2.11. The van der Waals surface area contributed by atoms with Crippen molar-refractivity contribution in [1.29, 1.82) is 0 Å². The first-order valence-corrected chi connectivity index (χ1v) is 3.99. The quantitative estimate of drug-likeness (QED) is 0.607. The smallest absolute Gasteiger partial charge is 0.114 e. The predicted octanol–water partition coefficient (Wildman–Crippen LogP) is 0.0616. The van der Waals surface area contributed by atoms with Gasteiger partial charge in [-0.1, -0.05) is 0 Å². The van der Waals surface area contributed by atoms with Crippen LogP contribution in [0.5, 0.6) is 0 Å². The van der Waals surface area contributed by atoms with Crippen LogP contribution in [-0.2, 0) is 18.9 Å². The second-order valence-electron chi connectivity index (χ2n) is 2.80. The molecule has 4 heteroatoms. The molecule has 1 unspecified atom stereocenters. The van der Waals surface area contributed by atoms with Gasteiger partial charge in [0.05, 0.1) is 13.2 Å². The van der Waals surface area contributed by atoms with E-state index in [9.17, 15) is 0 Å². The second-order valence-corrected chi connectivity index (χ2v) is 2.80. The maximum Gasteiger partial charge on any atom is 0.114 e. The van der Waals surface area contributed by atoms with Crippen molar-refractivity contribution in [3.05, 3.63) is 0 Å². The summed E-state index contributed by atoms with van der Waals surface area (Å²) in [6.07, 6.45) is 0.0371. The summed E-state index contributed by atoms with van der Waals surface area (Å²) >= 11 is 0. The highest BCUT2D eigenvalue weighted by Gasteiger charge is 2.37. The third-order valence-corrected chi connectivity index (χ3v) is 2.11. The Bertz CT molecular complexity index is 128. The highest BCUT2D eigenvalue weighted by atomic mass is 16.6. The van der Waals surface area contributed by atoms with Crippen molar-refractivity contribution in [3.63, 3.8) is 0 Å². The Morgan fingerprint density at radius 3 is 2.50 bits per heavy atom. The summed E-state index contributed by atoms with van der Waals surface area (Å²) in [4.78, 5) is 0. The molecule has 0 N–H and O–H groups in total. The van der Waals surface area contributed by atoms with Crippen molar-refractivity contribution in [1.82, 2.24) is 0 Å². The van der Waals surface area contributed by atoms with Crippen LogP contribution in [0, 0.1) is 0 Å². The molecule has 3 atom stereocenters. The molecule has 1 fully saturated rings. The van der Waals surface area contributed by atoms with E-state index in [4.69, 9.17) is 18.9 Å². The van der Waals surface area contributed by atoms with Crippen LogP contribution in [0.2, 0.25) is 0 Å². The molecule has 0 aromatic rings. The monoisotopic (exact) mass is 176 g/mol. The zero-order valence-corrected chi connectivity index (χ0v) is 7.78. The Balaban J connectivity index is 2.44. The molecule has 0 bridgehead atoms. The van der Waals surface area contributed by atoms with Crippen LogP contribution >= 0.6 is 0 Å². The average molecular weight is 176 g/mol. The van der Waals surface area contributed by atoms with Gasteiger partial charge in [0, 0.05) is 21.3 Å². The molecule has 0 spiro atoms. The minimum atomic E-state index is -0.00468. The zero-order valence-electron chi connectivity index (χ0n) is 7.78. The van der Waals surface area contributed by atoms with Gasteiger partial charge in [0.15, 0.2) is 0 Å². The molecular formula is C8H16O4. The van der Waals surface area contributed by atoms with Gasteiger partial charge in [-0.3, -0.25) is 0 Å². The summed E-state index contributed by atoms with van der Waals surface area (Å²) in [5, 5.41) is 0. The van der Waals surface area contributed by atoms with E-state index >= 15 is 0 Å². The fourth-order valence-corrected chi connectivity index (χ4v) is 1.46. The summed E-state index contributed by atoms with van der Waals surface area (Å²) in [5.74, 6) is 0. The van der Waals surface area contributed by atoms with E-state index in [1.807, 2.05) is 0 Å². The maximum absolute atomic E-state index is 5.43. The van der Waals surface area contributed by atoms with Crippen LogP contribution < -0.4 is 0 Å². The van der Waals surface area contributed by atoms with Crippen LogP contribution in [0.3, 0.4) is 0 Å². The largest absolute Gasteiger partial charge is 0.382 e. The summed E-state index contributed by atoms with van der Waals surface area (Å²) in [6, 6.07) is 0. The highest BCUT2D eigenvalue weighted by molar-refractivity contribution is 4.85. The molecule has 1 aliphatic rings. The van der Waals surface area contributed by atoms with Crippen molar-refractivity contribution < 1.29 is 18.9 Å². The van der Waals surface area contributed by atoms with E-state index in [1.54, 1.807) is 21.3 Å². The third kappa shape index (κ3) is 1.95. The first-order chi connectivity index (χ1) is 5.83. The Morgan fingerprint density at radius 2 is 2.00 bits per heavy atom. The van der Waals surface area contributed by atoms with Crippen molar-refractivity contribution in [2.75, 3.05) is 34.5 Å². The predicted molar refractivity (Wildman–Crippen MR) is 43.2 cm³/mol. The van der Waals surface area contributed by atoms with Gasteiger partial charge < -0.3 is 18.9 Å². The summed E-state index contributed by atoms with van der Waals surface area (Å²) in [7, 11) is 4.97. The molecule has 12 heavy (non-hydrogen) atoms. The van der Waals surface area contributed by atoms with Crippen molar-refractivity contribution in [2.45, 2.75) is 18.3 Å². The lowest BCUT2D eigenvalue weighted by Crippen LogP contribution is -2.35. The Hall–Kier alpha value is -0.160. The SMILES string of the molecule is COC[C@H]1OCC(OC)[C@H]1OC. The first-order valence-electron chi connectivity index (χ1n) is 3.99. The average Bonchev–Trinajstić information content (AvgIpc) is 2.47. The normalized spacial score (nSPS) is 35.8. The molecule has 0 radical (unpaired) electrons. The van der Waals surface area contributed by atoms with Gasteiger partial charge in [0.1, 0.15) is 18.3 Å². The van der Waals surface area contributed by atoms with Gasteiger partial charge >= 0.3 is 0 Å². The maximum atomic E-state index is 5.43. The van der Waals surface area contributed by atoms with Gasteiger partial charge in [-0.25, -0.2) is 0 Å². The van der Waals surface area contributed by atoms with E-state index < -0.39 is 0 Å². The van der Waals surface area contributed by atoms with Crippen molar-refractivity contribution in [3.8, 4) is 0 Å². The summed E-state index contributed by atoms with van der Waals surface area (Å²) in [6.45, 7) is 1.14. The minimum Gasteiger partial charge on any atom is -0.382 e. The van der Waals surface area contributed by atoms with Crippen LogP contribution in [0.1, 0.15) is 0 Å². The molecule has 0 saturated carbocycles. The van der Waals surface area contributed by atoms with Crippen molar-refractivity contribution in [2.24, 2.45) is 0 Å². The molecule has 0 aliphatic carbocycles. The van der Waals surface area contributed by atoms with Gasteiger partial charge in [0.25, 0.3) is 0 Å². The van der Waals surface area contributed by atoms with Gasteiger partial charge in [-0.2, -0.15) is 0 Å². The van der Waals surface area contributed by atoms with E-state index in [-0.39, 0.29) is 18.3 Å². The number of rotatable bonds is 4. The molecule has 1 aliphatic heterocycles. The number of methoxy groups -OCH3 is 3. The molecule has 1 rings (SSSR count). The van der Waals surface area contributed by atoms with E-state index in [0.29, 0.717) is 13.2 Å². The fourth-order valence-electron chi connectivity index (χ4n) is 1.46. The minimum absolute atomic E-state index is 0.00458. The van der Waals surface area contributed by atoms with Crippen LogP contribution in [0.25, 0.3) is 0 Å². The molecule has 0 aromatic heterocycles. The second kappa shape index (κ2) is 4.77. The molecular weight excluding hydrogens is 160 g/mol. The van der Waals surface area contributed by atoms with Gasteiger partial charge in [-0.05, 0) is 0 Å². The molecule has 0 aromatic carbocycles. The van der Waals surface area contributed by atoms with Crippen LogP contribution in [0.15, 0.2) is 0 Å². The number of hydrogen-bond donors (Lipinski definition) is 0. The van der Waals surface area contributed by atoms with Gasteiger partial charge in [0.2, 0.25) is 0 Å². The Morgan fingerprint density at radius 1 is 1.25 bits per heavy atom. The first kappa shape index (κ1) is 9.92. The zero-order chi connectivity index (χ0) is 8.97. The number of hydrogen-bond acceptors (Lipinski definition) is 4. The van der Waals surface area contributed by atoms with Crippen molar-refractivity contribution >= 4 is 0 Å². The summed E-state index contributed by atoms with van der Waals surface area (Å²) in [5.41, 5.74) is 0. The Kier molecular flexibility index (Phi) is 3.94. The topological polar surface area (TPSA) is 36.9 Å². The lowest BCUT2D eigenvalue weighted by atomic mass is 10.1. The Labute approximate surface area is 72.7 Å². The molecule has 1 saturated heterocycles. The number of ether oxygens (including phenoxy) is 4.